The van der Waals surface area contributed by atoms with Crippen LogP contribution in [0.4, 0.5) is 0 Å². The second-order valence-corrected chi connectivity index (χ2v) is 12.8. The van der Waals surface area contributed by atoms with Crippen molar-refractivity contribution >= 4 is 16.0 Å². The zero-order chi connectivity index (χ0) is 32.9. The maximum absolute atomic E-state index is 12.6. The molecule has 4 aliphatic carbocycles. The standard InChI is InChI=1S/C26H45NO7S/c1-15(4-7-23(31)27-10-11-35(32,33)34)18-5-6-19-24-20(14-22(30)26(18,19)3)25(2)9-8-17(28)12-16(25)13-21(24)29/h15-22,24,28-30H,4-14H2,1-3H3,(H,27,31)(H,32,33,34)/t15-,16+,17-,18-,19+,20+,21-,22+,24+,25+,26-/m1/s1/i8D2,10D2,11D2,12D2. The van der Waals surface area contributed by atoms with Crippen LogP contribution in [0.3, 0.4) is 0 Å². The van der Waals surface area contributed by atoms with Gasteiger partial charge in [0.2, 0.25) is 5.91 Å². The van der Waals surface area contributed by atoms with Crippen LogP contribution in [0.15, 0.2) is 0 Å². The van der Waals surface area contributed by atoms with Gasteiger partial charge in [-0.15, -0.1) is 0 Å². The largest absolute Gasteiger partial charge is 0.393 e. The summed E-state index contributed by atoms with van der Waals surface area (Å²) in [5.41, 5.74) is -5.38. The number of carbonyl (C=O) groups is 1. The zero-order valence-electron chi connectivity index (χ0n) is 28.6. The van der Waals surface area contributed by atoms with Crippen LogP contribution in [-0.2, 0) is 14.9 Å². The molecule has 0 aromatic rings. The lowest BCUT2D eigenvalue weighted by molar-refractivity contribution is -0.207. The van der Waals surface area contributed by atoms with Gasteiger partial charge in [0.1, 0.15) is 0 Å². The second kappa shape index (κ2) is 9.86. The average molecular weight is 524 g/mol. The van der Waals surface area contributed by atoms with E-state index < -0.39 is 76.0 Å². The topological polar surface area (TPSA) is 144 Å². The van der Waals surface area contributed by atoms with Gasteiger partial charge in [0, 0.05) is 21.1 Å². The molecule has 4 rings (SSSR count). The summed E-state index contributed by atoms with van der Waals surface area (Å²) in [7, 11) is -5.48. The molecule has 4 fully saturated rings. The van der Waals surface area contributed by atoms with Crippen LogP contribution in [0, 0.1) is 46.3 Å². The van der Waals surface area contributed by atoms with Crippen molar-refractivity contribution in [1.82, 2.24) is 5.32 Å². The minimum Gasteiger partial charge on any atom is -0.393 e. The average Bonchev–Trinajstić information content (AvgIpc) is 3.21. The molecule has 0 aromatic carbocycles. The van der Waals surface area contributed by atoms with Crippen LogP contribution >= 0.6 is 0 Å². The summed E-state index contributed by atoms with van der Waals surface area (Å²) in [6.45, 7) is 2.27. The van der Waals surface area contributed by atoms with Crippen molar-refractivity contribution in [1.29, 1.82) is 0 Å². The van der Waals surface area contributed by atoms with Crippen molar-refractivity contribution < 1.29 is 44.1 Å². The van der Waals surface area contributed by atoms with Crippen LogP contribution in [0.25, 0.3) is 0 Å². The van der Waals surface area contributed by atoms with Gasteiger partial charge in [-0.2, -0.15) is 8.42 Å². The van der Waals surface area contributed by atoms with Gasteiger partial charge in [-0.25, -0.2) is 0 Å². The number of carbonyl (C=O) groups excluding carboxylic acids is 1. The lowest BCUT2D eigenvalue weighted by Crippen LogP contribution is -2.62. The molecule has 0 radical (unpaired) electrons. The van der Waals surface area contributed by atoms with Crippen molar-refractivity contribution in [3.63, 3.8) is 0 Å². The molecule has 0 unspecified atom stereocenters. The Hall–Kier alpha value is -0.740. The van der Waals surface area contributed by atoms with E-state index in [0.29, 0.717) is 12.8 Å². The van der Waals surface area contributed by atoms with Gasteiger partial charge < -0.3 is 20.6 Å². The molecule has 8 nitrogen and oxygen atoms in total. The molecule has 0 bridgehead atoms. The van der Waals surface area contributed by atoms with E-state index in [1.54, 1.807) is 5.32 Å². The molecule has 0 aliphatic heterocycles. The van der Waals surface area contributed by atoms with E-state index in [-0.39, 0.29) is 61.7 Å². The summed E-state index contributed by atoms with van der Waals surface area (Å²) in [6.07, 6.45) is -6.62. The minimum absolute atomic E-state index is 0.0694. The predicted molar refractivity (Wildman–Crippen MR) is 132 cm³/mol. The quantitative estimate of drug-likeness (QED) is 0.322. The number of hydrogen-bond acceptors (Lipinski definition) is 6. The first kappa shape index (κ1) is 18.5. The normalized spacial score (nSPS) is 53.3. The molecular formula is C26H45NO7S. The number of hydrogen-bond donors (Lipinski definition) is 5. The number of rotatable bonds is 7. The summed E-state index contributed by atoms with van der Waals surface area (Å²) in [6, 6.07) is 0. The Balaban J connectivity index is 1.52. The molecule has 0 spiro atoms. The smallest absolute Gasteiger partial charge is 0.266 e. The Morgan fingerprint density at radius 2 is 1.91 bits per heavy atom. The molecule has 1 amide bonds. The molecule has 0 aromatic heterocycles. The third-order valence-electron chi connectivity index (χ3n) is 10.0. The van der Waals surface area contributed by atoms with Crippen LogP contribution in [0.2, 0.25) is 0 Å². The zero-order valence-corrected chi connectivity index (χ0v) is 21.4. The minimum atomic E-state index is -5.48. The molecule has 5 N–H and O–H groups in total. The Bertz CT molecular complexity index is 1220. The number of amides is 1. The molecule has 35 heavy (non-hydrogen) atoms. The molecule has 4 saturated carbocycles. The van der Waals surface area contributed by atoms with Crippen molar-refractivity contribution in [2.24, 2.45) is 46.3 Å². The highest BCUT2D eigenvalue weighted by Crippen LogP contribution is 2.68. The molecule has 4 aliphatic rings. The van der Waals surface area contributed by atoms with Crippen molar-refractivity contribution in [2.75, 3.05) is 12.2 Å². The Labute approximate surface area is 221 Å². The van der Waals surface area contributed by atoms with E-state index >= 15 is 0 Å². The summed E-state index contributed by atoms with van der Waals surface area (Å²) >= 11 is 0. The molecular weight excluding hydrogens is 470 g/mol. The third kappa shape index (κ3) is 5.05. The summed E-state index contributed by atoms with van der Waals surface area (Å²) < 4.78 is 96.1. The maximum Gasteiger partial charge on any atom is 0.266 e. The Kier molecular flexibility index (Phi) is 5.21. The molecule has 0 saturated heterocycles. The van der Waals surface area contributed by atoms with Gasteiger partial charge in [0.05, 0.1) is 26.8 Å². The van der Waals surface area contributed by atoms with Crippen molar-refractivity contribution in [2.45, 2.75) is 96.8 Å². The lowest BCUT2D eigenvalue weighted by atomic mass is 9.43. The fraction of sp³-hybridized carbons (Fsp3) is 0.962. The molecule has 202 valence electrons. The molecule has 0 heterocycles. The van der Waals surface area contributed by atoms with Crippen LogP contribution in [0.1, 0.15) is 89.4 Å². The first-order valence-electron chi connectivity index (χ1n) is 16.6. The highest BCUT2D eigenvalue weighted by Gasteiger charge is 2.65. The van der Waals surface area contributed by atoms with E-state index in [0.717, 1.165) is 0 Å². The molecule has 9 heteroatoms. The number of aliphatic hydroxyl groups is 3. The van der Waals surface area contributed by atoms with Crippen LogP contribution in [0.5, 0.6) is 0 Å². The van der Waals surface area contributed by atoms with Gasteiger partial charge in [-0.3, -0.25) is 9.35 Å². The van der Waals surface area contributed by atoms with E-state index in [9.17, 15) is 28.5 Å². The highest BCUT2D eigenvalue weighted by atomic mass is 32.2. The second-order valence-electron chi connectivity index (χ2n) is 11.7. The number of fused-ring (bicyclic) bond motifs is 5. The van der Waals surface area contributed by atoms with E-state index in [4.69, 9.17) is 15.5 Å². The maximum atomic E-state index is 12.6. The van der Waals surface area contributed by atoms with Crippen LogP contribution in [-0.4, -0.2) is 64.7 Å². The molecule has 11 atom stereocenters. The predicted octanol–water partition coefficient (Wildman–Crippen LogP) is 2.37. The van der Waals surface area contributed by atoms with E-state index in [2.05, 4.69) is 0 Å². The van der Waals surface area contributed by atoms with Gasteiger partial charge in [0.25, 0.3) is 10.1 Å². The third-order valence-corrected chi connectivity index (χ3v) is 10.4. The van der Waals surface area contributed by atoms with Crippen molar-refractivity contribution in [3.05, 3.63) is 0 Å². The summed E-state index contributed by atoms with van der Waals surface area (Å²) in [5.74, 6) is -2.93. The van der Waals surface area contributed by atoms with E-state index in [1.807, 2.05) is 20.8 Å². The first-order chi connectivity index (χ1) is 19.3. The Morgan fingerprint density at radius 1 is 1.20 bits per heavy atom. The monoisotopic (exact) mass is 523 g/mol. The fourth-order valence-electron chi connectivity index (χ4n) is 8.22. The number of aliphatic hydroxyl groups excluding tert-OH is 3. The summed E-state index contributed by atoms with van der Waals surface area (Å²) in [4.78, 5) is 12.6. The van der Waals surface area contributed by atoms with Gasteiger partial charge in [0.15, 0.2) is 0 Å². The summed E-state index contributed by atoms with van der Waals surface area (Å²) in [5, 5.41) is 35.5. The van der Waals surface area contributed by atoms with Gasteiger partial charge >= 0.3 is 0 Å². The number of nitrogens with one attached hydrogen (secondary N) is 1. The van der Waals surface area contributed by atoms with Crippen molar-refractivity contribution in [3.8, 4) is 0 Å². The van der Waals surface area contributed by atoms with E-state index in [1.165, 1.54) is 0 Å². The van der Waals surface area contributed by atoms with Gasteiger partial charge in [-0.05, 0) is 97.6 Å². The fourth-order valence-corrected chi connectivity index (χ4v) is 8.40. The Morgan fingerprint density at radius 3 is 2.60 bits per heavy atom. The van der Waals surface area contributed by atoms with Crippen LogP contribution < -0.4 is 5.32 Å². The SMILES string of the molecule is [2H]C1([2H])C[C@@]2(C)[C@H](C[C@@H](O)[C@@H]3[C@@H]2C[C@H](O)[C@]2(C)[C@@H]([C@H](C)CCC(=O)NC([2H])([2H])C([2H])([2H])S(=O)(=O)O)CC[C@@H]32)C([2H])([2H])[C@@H]1O. The van der Waals surface area contributed by atoms with Gasteiger partial charge in [-0.1, -0.05) is 20.8 Å². The first-order valence-corrected chi connectivity index (χ1v) is 14.0. The lowest BCUT2D eigenvalue weighted by Gasteiger charge is -2.63. The highest BCUT2D eigenvalue weighted by molar-refractivity contribution is 7.85.